The van der Waals surface area contributed by atoms with E-state index in [4.69, 9.17) is 0 Å². The van der Waals surface area contributed by atoms with E-state index >= 15 is 0 Å². The van der Waals surface area contributed by atoms with Crippen LogP contribution in [0.4, 0.5) is 0 Å². The van der Waals surface area contributed by atoms with E-state index in [2.05, 4.69) is 22.0 Å². The Morgan fingerprint density at radius 2 is 1.67 bits per heavy atom. The summed E-state index contributed by atoms with van der Waals surface area (Å²) in [5.41, 5.74) is 2.25. The summed E-state index contributed by atoms with van der Waals surface area (Å²) >= 11 is 5.28. The molecule has 0 aromatic heterocycles. The van der Waals surface area contributed by atoms with Crippen molar-refractivity contribution in [1.82, 2.24) is 0 Å². The maximum absolute atomic E-state index is 10.0. The van der Waals surface area contributed by atoms with Crippen LogP contribution >= 0.6 is 27.7 Å². The van der Waals surface area contributed by atoms with Gasteiger partial charge in [0.2, 0.25) is 0 Å². The first-order valence-electron chi connectivity index (χ1n) is 5.81. The molecule has 1 nitrogen and oxygen atoms in total. The second-order valence-corrected chi connectivity index (χ2v) is 5.92. The lowest BCUT2D eigenvalue weighted by atomic mass is 10.1. The molecule has 0 amide bonds. The van der Waals surface area contributed by atoms with Crippen LogP contribution in [-0.2, 0) is 5.75 Å². The fraction of sp³-hybridized carbons (Fsp3) is 0.200. The molecule has 18 heavy (non-hydrogen) atoms. The minimum absolute atomic E-state index is 0.390. The number of aliphatic hydroxyl groups excluding tert-OH is 1. The molecule has 1 atom stereocenters. The number of benzene rings is 2. The highest BCUT2D eigenvalue weighted by Crippen LogP contribution is 2.24. The maximum Gasteiger partial charge on any atom is 0.0880 e. The molecule has 2 rings (SSSR count). The standard InChI is InChI=1S/C15H15BrOS/c16-14-9-5-4-8-13(14)10-18-11-15(17)12-6-2-1-3-7-12/h1-9,15,17H,10-11H2. The first-order chi connectivity index (χ1) is 8.77. The van der Waals surface area contributed by atoms with Crippen molar-refractivity contribution in [3.8, 4) is 0 Å². The molecule has 0 aliphatic rings. The molecule has 0 aliphatic carbocycles. The van der Waals surface area contributed by atoms with E-state index in [-0.39, 0.29) is 0 Å². The fourth-order valence-electron chi connectivity index (χ4n) is 1.67. The van der Waals surface area contributed by atoms with Gasteiger partial charge in [-0.25, -0.2) is 0 Å². The van der Waals surface area contributed by atoms with Crippen molar-refractivity contribution < 1.29 is 5.11 Å². The molecule has 3 heteroatoms. The summed E-state index contributed by atoms with van der Waals surface area (Å²) in [7, 11) is 0. The lowest BCUT2D eigenvalue weighted by molar-refractivity contribution is 0.204. The molecular weight excluding hydrogens is 308 g/mol. The van der Waals surface area contributed by atoms with E-state index in [1.807, 2.05) is 48.5 Å². The summed E-state index contributed by atoms with van der Waals surface area (Å²) in [6.45, 7) is 0. The predicted molar refractivity (Wildman–Crippen MR) is 81.7 cm³/mol. The van der Waals surface area contributed by atoms with Gasteiger partial charge in [0.25, 0.3) is 0 Å². The smallest absolute Gasteiger partial charge is 0.0880 e. The third-order valence-electron chi connectivity index (χ3n) is 2.68. The van der Waals surface area contributed by atoms with Crippen LogP contribution in [0.25, 0.3) is 0 Å². The van der Waals surface area contributed by atoms with Gasteiger partial charge in [-0.05, 0) is 17.2 Å². The molecule has 94 valence electrons. The Morgan fingerprint density at radius 1 is 1.00 bits per heavy atom. The van der Waals surface area contributed by atoms with Crippen molar-refractivity contribution >= 4 is 27.7 Å². The largest absolute Gasteiger partial charge is 0.388 e. The Hall–Kier alpha value is -0.770. The van der Waals surface area contributed by atoms with Gasteiger partial charge in [-0.15, -0.1) is 0 Å². The second-order valence-electron chi connectivity index (χ2n) is 4.03. The highest BCUT2D eigenvalue weighted by atomic mass is 79.9. The zero-order valence-electron chi connectivity index (χ0n) is 9.92. The fourth-order valence-corrected chi connectivity index (χ4v) is 3.28. The van der Waals surface area contributed by atoms with Crippen molar-refractivity contribution in [2.45, 2.75) is 11.9 Å². The Balaban J connectivity index is 1.84. The molecule has 1 N–H and O–H groups in total. The summed E-state index contributed by atoms with van der Waals surface area (Å²) in [5, 5.41) is 10.0. The van der Waals surface area contributed by atoms with Crippen molar-refractivity contribution in [2.24, 2.45) is 0 Å². The Bertz CT molecular complexity index is 487. The average molecular weight is 323 g/mol. The maximum atomic E-state index is 10.0. The van der Waals surface area contributed by atoms with Crippen molar-refractivity contribution in [2.75, 3.05) is 5.75 Å². The number of hydrogen-bond acceptors (Lipinski definition) is 2. The summed E-state index contributed by atoms with van der Waals surface area (Å²) in [5.74, 6) is 1.62. The van der Waals surface area contributed by atoms with Crippen LogP contribution in [0.5, 0.6) is 0 Å². The van der Waals surface area contributed by atoms with Gasteiger partial charge in [-0.2, -0.15) is 11.8 Å². The quantitative estimate of drug-likeness (QED) is 0.879. The first-order valence-corrected chi connectivity index (χ1v) is 7.76. The summed E-state index contributed by atoms with van der Waals surface area (Å²) < 4.78 is 1.13. The predicted octanol–water partition coefficient (Wildman–Crippen LogP) is 4.42. The number of aliphatic hydroxyl groups is 1. The summed E-state index contributed by atoms with van der Waals surface area (Å²) in [6, 6.07) is 18.0. The molecule has 0 radical (unpaired) electrons. The van der Waals surface area contributed by atoms with Gasteiger partial charge in [0.1, 0.15) is 0 Å². The van der Waals surface area contributed by atoms with Crippen LogP contribution in [-0.4, -0.2) is 10.9 Å². The van der Waals surface area contributed by atoms with E-state index in [9.17, 15) is 5.11 Å². The van der Waals surface area contributed by atoms with E-state index in [0.717, 1.165) is 15.8 Å². The number of rotatable bonds is 5. The zero-order valence-corrected chi connectivity index (χ0v) is 12.3. The topological polar surface area (TPSA) is 20.2 Å². The van der Waals surface area contributed by atoms with E-state index in [1.54, 1.807) is 11.8 Å². The second kappa shape index (κ2) is 6.98. The van der Waals surface area contributed by atoms with Gasteiger partial charge in [-0.1, -0.05) is 64.5 Å². The first kappa shape index (κ1) is 13.7. The zero-order chi connectivity index (χ0) is 12.8. The van der Waals surface area contributed by atoms with Crippen LogP contribution in [0, 0.1) is 0 Å². The van der Waals surface area contributed by atoms with Gasteiger partial charge in [0.15, 0.2) is 0 Å². The van der Waals surface area contributed by atoms with Gasteiger partial charge in [0, 0.05) is 16.0 Å². The Kier molecular flexibility index (Phi) is 5.29. The molecular formula is C15H15BrOS. The van der Waals surface area contributed by atoms with Gasteiger partial charge < -0.3 is 5.11 Å². The summed E-state index contributed by atoms with van der Waals surface area (Å²) in [4.78, 5) is 0. The minimum Gasteiger partial charge on any atom is -0.388 e. The van der Waals surface area contributed by atoms with Gasteiger partial charge >= 0.3 is 0 Å². The summed E-state index contributed by atoms with van der Waals surface area (Å²) in [6.07, 6.45) is -0.390. The van der Waals surface area contributed by atoms with Gasteiger partial charge in [-0.3, -0.25) is 0 Å². The van der Waals surface area contributed by atoms with Crippen LogP contribution < -0.4 is 0 Å². The molecule has 0 aliphatic heterocycles. The SMILES string of the molecule is OC(CSCc1ccccc1Br)c1ccccc1. The van der Waals surface area contributed by atoms with Crippen molar-refractivity contribution in [3.05, 3.63) is 70.2 Å². The highest BCUT2D eigenvalue weighted by Gasteiger charge is 2.07. The molecule has 0 fully saturated rings. The normalized spacial score (nSPS) is 12.3. The molecule has 2 aromatic rings. The molecule has 0 spiro atoms. The van der Waals surface area contributed by atoms with E-state index < -0.39 is 6.10 Å². The van der Waals surface area contributed by atoms with Crippen LogP contribution in [0.1, 0.15) is 17.2 Å². The van der Waals surface area contributed by atoms with Crippen molar-refractivity contribution in [3.63, 3.8) is 0 Å². The molecule has 0 saturated heterocycles. The Morgan fingerprint density at radius 3 is 2.39 bits per heavy atom. The molecule has 1 unspecified atom stereocenters. The average Bonchev–Trinajstić information content (AvgIpc) is 2.42. The van der Waals surface area contributed by atoms with Crippen LogP contribution in [0.15, 0.2) is 59.1 Å². The monoisotopic (exact) mass is 322 g/mol. The van der Waals surface area contributed by atoms with E-state index in [0.29, 0.717) is 5.75 Å². The third kappa shape index (κ3) is 3.87. The molecule has 0 bridgehead atoms. The third-order valence-corrected chi connectivity index (χ3v) is 4.52. The van der Waals surface area contributed by atoms with Gasteiger partial charge in [0.05, 0.1) is 6.10 Å². The number of hydrogen-bond donors (Lipinski definition) is 1. The molecule has 0 saturated carbocycles. The highest BCUT2D eigenvalue weighted by molar-refractivity contribution is 9.10. The lowest BCUT2D eigenvalue weighted by Crippen LogP contribution is -2.00. The lowest BCUT2D eigenvalue weighted by Gasteiger charge is -2.11. The van der Waals surface area contributed by atoms with Crippen LogP contribution in [0.3, 0.4) is 0 Å². The van der Waals surface area contributed by atoms with Crippen LogP contribution in [0.2, 0.25) is 0 Å². The Labute approximate surface area is 120 Å². The number of thioether (sulfide) groups is 1. The molecule has 2 aromatic carbocycles. The van der Waals surface area contributed by atoms with E-state index in [1.165, 1.54) is 5.56 Å². The minimum atomic E-state index is -0.390. The van der Waals surface area contributed by atoms with Crippen molar-refractivity contribution in [1.29, 1.82) is 0 Å². The number of halogens is 1. The molecule has 0 heterocycles.